The predicted molar refractivity (Wildman–Crippen MR) is 115 cm³/mol. The lowest BCUT2D eigenvalue weighted by Gasteiger charge is -2.12. The summed E-state index contributed by atoms with van der Waals surface area (Å²) in [6.07, 6.45) is 1.60. The molecule has 4 N–H and O–H groups in total. The molecule has 3 rings (SSSR count). The zero-order valence-corrected chi connectivity index (χ0v) is 16.9. The molecule has 0 aliphatic rings. The Morgan fingerprint density at radius 2 is 1.79 bits per heavy atom. The van der Waals surface area contributed by atoms with Crippen molar-refractivity contribution in [3.63, 3.8) is 0 Å². The minimum atomic E-state index is -0.598. The van der Waals surface area contributed by atoms with Crippen LogP contribution in [0.5, 0.6) is 17.2 Å². The number of halogens is 1. The molecule has 0 saturated heterocycles. The molecule has 0 fully saturated rings. The molecule has 148 valence electrons. The van der Waals surface area contributed by atoms with Gasteiger partial charge in [-0.1, -0.05) is 25.4 Å². The first-order valence-corrected chi connectivity index (χ1v) is 8.87. The molecule has 28 heavy (non-hydrogen) atoms. The molecule has 0 spiro atoms. The Hall–Kier alpha value is -3.25. The highest BCUT2D eigenvalue weighted by atomic mass is 35.5. The number of nitrogen functional groups attached to an aromatic ring is 1. The van der Waals surface area contributed by atoms with Gasteiger partial charge in [-0.15, -0.1) is 13.2 Å². The number of fused-ring (bicyclic) bond motifs is 1. The fourth-order valence-corrected chi connectivity index (χ4v) is 2.47. The van der Waals surface area contributed by atoms with Crippen molar-refractivity contribution in [3.8, 4) is 17.2 Å². The average molecular weight is 402 g/mol. The largest absolute Gasteiger partial charge is 0.496 e. The van der Waals surface area contributed by atoms with Crippen LogP contribution in [0.25, 0.3) is 10.9 Å². The Kier molecular flexibility index (Phi) is 8.78. The SMILES string of the molecule is C=C.CC.COc1cc2nccc(Oc3ccc(N)c(Cl)c3)c2cc1C(N)=O. The van der Waals surface area contributed by atoms with E-state index in [1.165, 1.54) is 7.11 Å². The molecular weight excluding hydrogens is 378 g/mol. The number of carbonyl (C=O) groups excluding carboxylic acids is 1. The normalized spacial score (nSPS) is 9.43. The van der Waals surface area contributed by atoms with E-state index in [-0.39, 0.29) is 5.56 Å². The molecular formula is C21H24ClN3O3. The number of hydrogen-bond acceptors (Lipinski definition) is 5. The topological polar surface area (TPSA) is 100 Å². The number of rotatable bonds is 4. The third-order valence-electron chi connectivity index (χ3n) is 3.49. The van der Waals surface area contributed by atoms with E-state index in [1.54, 1.807) is 42.6 Å². The van der Waals surface area contributed by atoms with E-state index in [0.717, 1.165) is 0 Å². The van der Waals surface area contributed by atoms with E-state index in [1.807, 2.05) is 13.8 Å². The zero-order chi connectivity index (χ0) is 21.3. The first-order chi connectivity index (χ1) is 13.5. The van der Waals surface area contributed by atoms with Crippen LogP contribution in [-0.2, 0) is 0 Å². The number of aromatic nitrogens is 1. The van der Waals surface area contributed by atoms with Gasteiger partial charge in [0.1, 0.15) is 17.2 Å². The molecule has 7 heteroatoms. The molecule has 1 amide bonds. The summed E-state index contributed by atoms with van der Waals surface area (Å²) in [7, 11) is 1.46. The van der Waals surface area contributed by atoms with Crippen LogP contribution in [0.2, 0.25) is 5.02 Å². The Bertz CT molecular complexity index is 961. The zero-order valence-electron chi connectivity index (χ0n) is 16.2. The minimum absolute atomic E-state index is 0.248. The summed E-state index contributed by atoms with van der Waals surface area (Å²) in [5.41, 5.74) is 12.4. The van der Waals surface area contributed by atoms with Gasteiger partial charge in [-0.05, 0) is 24.3 Å². The monoisotopic (exact) mass is 401 g/mol. The Labute approximate surface area is 169 Å². The molecule has 0 unspecified atom stereocenters. The van der Waals surface area contributed by atoms with Crippen LogP contribution < -0.4 is 20.9 Å². The number of benzene rings is 2. The molecule has 6 nitrogen and oxygen atoms in total. The predicted octanol–water partition coefficient (Wildman–Crippen LogP) is 5.20. The van der Waals surface area contributed by atoms with Gasteiger partial charge in [0.25, 0.3) is 5.91 Å². The summed E-state index contributed by atoms with van der Waals surface area (Å²) >= 11 is 6.01. The van der Waals surface area contributed by atoms with Gasteiger partial charge in [0.05, 0.1) is 28.9 Å². The number of hydrogen-bond donors (Lipinski definition) is 2. The standard InChI is InChI=1S/C17H14ClN3O3.C2H6.C2H4/c1-23-16-8-14-10(7-11(16)17(20)22)15(4-5-21-14)24-9-2-3-13(19)12(18)6-9;2*1-2/h2-8H,19H2,1H3,(H2,20,22);1-2H3;1-2H2. The number of methoxy groups -OCH3 is 1. The molecule has 1 aromatic heterocycles. The van der Waals surface area contributed by atoms with Gasteiger partial charge in [0, 0.05) is 23.7 Å². The summed E-state index contributed by atoms with van der Waals surface area (Å²) in [5, 5.41) is 1.02. The third kappa shape index (κ3) is 5.14. The van der Waals surface area contributed by atoms with E-state index >= 15 is 0 Å². The Morgan fingerprint density at radius 3 is 2.36 bits per heavy atom. The molecule has 3 aromatic rings. The number of ether oxygens (including phenoxy) is 2. The number of amides is 1. The van der Waals surface area contributed by atoms with E-state index in [2.05, 4.69) is 18.1 Å². The molecule has 2 aromatic carbocycles. The van der Waals surface area contributed by atoms with Crippen molar-refractivity contribution in [2.75, 3.05) is 12.8 Å². The van der Waals surface area contributed by atoms with Crippen molar-refractivity contribution in [1.82, 2.24) is 4.98 Å². The maximum atomic E-state index is 11.6. The summed E-state index contributed by atoms with van der Waals surface area (Å²) in [6.45, 7) is 10.0. The lowest BCUT2D eigenvalue weighted by Crippen LogP contribution is -2.12. The van der Waals surface area contributed by atoms with E-state index < -0.39 is 5.91 Å². The van der Waals surface area contributed by atoms with Gasteiger partial charge < -0.3 is 20.9 Å². The number of nitrogens with zero attached hydrogens (tertiary/aromatic N) is 1. The van der Waals surface area contributed by atoms with Gasteiger partial charge in [-0.3, -0.25) is 9.78 Å². The second kappa shape index (κ2) is 10.8. The first kappa shape index (κ1) is 22.8. The van der Waals surface area contributed by atoms with Crippen LogP contribution in [0.15, 0.2) is 55.8 Å². The van der Waals surface area contributed by atoms with Gasteiger partial charge in [-0.25, -0.2) is 0 Å². The molecule has 0 aliphatic heterocycles. The smallest absolute Gasteiger partial charge is 0.252 e. The van der Waals surface area contributed by atoms with Gasteiger partial charge in [0.15, 0.2) is 0 Å². The first-order valence-electron chi connectivity index (χ1n) is 8.49. The molecule has 0 saturated carbocycles. The highest BCUT2D eigenvalue weighted by Crippen LogP contribution is 2.34. The number of carbonyl (C=O) groups is 1. The highest BCUT2D eigenvalue weighted by molar-refractivity contribution is 6.33. The highest BCUT2D eigenvalue weighted by Gasteiger charge is 2.14. The lowest BCUT2D eigenvalue weighted by atomic mass is 10.1. The van der Waals surface area contributed by atoms with Crippen molar-refractivity contribution in [2.45, 2.75) is 13.8 Å². The summed E-state index contributed by atoms with van der Waals surface area (Å²) in [5.74, 6) is 0.776. The van der Waals surface area contributed by atoms with Crippen molar-refractivity contribution < 1.29 is 14.3 Å². The van der Waals surface area contributed by atoms with Gasteiger partial charge >= 0.3 is 0 Å². The third-order valence-corrected chi connectivity index (χ3v) is 3.82. The fourth-order valence-electron chi connectivity index (χ4n) is 2.30. The van der Waals surface area contributed by atoms with Crippen molar-refractivity contribution in [1.29, 1.82) is 0 Å². The van der Waals surface area contributed by atoms with Crippen LogP contribution in [0.4, 0.5) is 5.69 Å². The second-order valence-electron chi connectivity index (χ2n) is 5.03. The summed E-state index contributed by atoms with van der Waals surface area (Å²) in [4.78, 5) is 15.9. The van der Waals surface area contributed by atoms with E-state index in [9.17, 15) is 4.79 Å². The molecule has 0 atom stereocenters. The number of primary amides is 1. The van der Waals surface area contributed by atoms with Crippen LogP contribution in [0.3, 0.4) is 0 Å². The lowest BCUT2D eigenvalue weighted by molar-refractivity contribution is 0.0997. The minimum Gasteiger partial charge on any atom is -0.496 e. The molecule has 0 bridgehead atoms. The van der Waals surface area contributed by atoms with Gasteiger partial charge in [0.2, 0.25) is 0 Å². The summed E-state index contributed by atoms with van der Waals surface area (Å²) < 4.78 is 11.1. The van der Waals surface area contributed by atoms with E-state index in [4.69, 9.17) is 32.5 Å². The van der Waals surface area contributed by atoms with Crippen LogP contribution >= 0.6 is 11.6 Å². The Morgan fingerprint density at radius 1 is 1.11 bits per heavy atom. The maximum absolute atomic E-state index is 11.6. The van der Waals surface area contributed by atoms with Crippen LogP contribution in [0.1, 0.15) is 24.2 Å². The van der Waals surface area contributed by atoms with E-state index in [0.29, 0.717) is 38.9 Å². The van der Waals surface area contributed by atoms with Crippen molar-refractivity contribution in [3.05, 3.63) is 66.3 Å². The van der Waals surface area contributed by atoms with Crippen LogP contribution in [-0.4, -0.2) is 18.0 Å². The average Bonchev–Trinajstić information content (AvgIpc) is 2.73. The van der Waals surface area contributed by atoms with Crippen molar-refractivity contribution >= 4 is 34.1 Å². The van der Waals surface area contributed by atoms with Crippen molar-refractivity contribution in [2.24, 2.45) is 5.73 Å². The quantitative estimate of drug-likeness (QED) is 0.462. The summed E-state index contributed by atoms with van der Waals surface area (Å²) in [6, 6.07) is 9.88. The van der Waals surface area contributed by atoms with Gasteiger partial charge in [-0.2, -0.15) is 0 Å². The molecule has 0 aliphatic carbocycles. The maximum Gasteiger partial charge on any atom is 0.252 e. The molecule has 1 heterocycles. The second-order valence-corrected chi connectivity index (χ2v) is 5.44. The number of nitrogens with two attached hydrogens (primary N) is 2. The molecule has 0 radical (unpaired) electrons. The number of anilines is 1. The fraction of sp³-hybridized carbons (Fsp3) is 0.143. The Balaban J connectivity index is 0.000000921. The number of pyridine rings is 1. The van der Waals surface area contributed by atoms with Crippen LogP contribution in [0, 0.1) is 0 Å².